The van der Waals surface area contributed by atoms with Crippen LogP contribution in [0.5, 0.6) is 5.75 Å². The second-order valence-corrected chi connectivity index (χ2v) is 5.76. The van der Waals surface area contributed by atoms with Gasteiger partial charge >= 0.3 is 0 Å². The molecule has 0 saturated carbocycles. The van der Waals surface area contributed by atoms with Crippen LogP contribution in [0.25, 0.3) is 0 Å². The van der Waals surface area contributed by atoms with E-state index in [1.165, 1.54) is 11.1 Å². The number of hydrogen-bond donors (Lipinski definition) is 1. The molecule has 1 amide bonds. The smallest absolute Gasteiger partial charge is 0.277 e. The summed E-state index contributed by atoms with van der Waals surface area (Å²) in [4.78, 5) is 11.9. The van der Waals surface area contributed by atoms with E-state index in [0.717, 1.165) is 24.1 Å². The average Bonchev–Trinajstić information content (AvgIpc) is 2.60. The van der Waals surface area contributed by atoms with Crippen molar-refractivity contribution in [1.82, 2.24) is 5.43 Å². The predicted molar refractivity (Wildman–Crippen MR) is 97.4 cm³/mol. The van der Waals surface area contributed by atoms with Gasteiger partial charge in [0.1, 0.15) is 5.75 Å². The van der Waals surface area contributed by atoms with Crippen molar-refractivity contribution in [2.45, 2.75) is 33.6 Å². The van der Waals surface area contributed by atoms with Gasteiger partial charge in [0.05, 0.1) is 0 Å². The van der Waals surface area contributed by atoms with Gasteiger partial charge in [-0.2, -0.15) is 5.10 Å². The minimum absolute atomic E-state index is 0.0473. The molecule has 2 rings (SSSR count). The Morgan fingerprint density at radius 2 is 1.83 bits per heavy atom. The van der Waals surface area contributed by atoms with E-state index in [2.05, 4.69) is 22.7 Å². The van der Waals surface area contributed by atoms with Crippen LogP contribution >= 0.6 is 0 Å². The number of ether oxygens (including phenoxy) is 1. The summed E-state index contributed by atoms with van der Waals surface area (Å²) in [6.45, 7) is 6.04. The molecule has 0 spiro atoms. The molecular weight excluding hydrogens is 300 g/mol. The fourth-order valence-corrected chi connectivity index (χ4v) is 2.20. The fraction of sp³-hybridized carbons (Fsp3) is 0.300. The predicted octanol–water partition coefficient (Wildman–Crippen LogP) is 3.81. The molecule has 0 aliphatic heterocycles. The zero-order valence-electron chi connectivity index (χ0n) is 14.5. The van der Waals surface area contributed by atoms with E-state index in [0.29, 0.717) is 5.75 Å². The number of carbonyl (C=O) groups excluding carboxylic acids is 1. The Bertz CT molecular complexity index is 709. The molecule has 0 bridgehead atoms. The number of carbonyl (C=O) groups is 1. The molecule has 2 aromatic carbocycles. The van der Waals surface area contributed by atoms with E-state index in [9.17, 15) is 4.79 Å². The van der Waals surface area contributed by atoms with Gasteiger partial charge in [-0.3, -0.25) is 4.79 Å². The number of hydrazone groups is 1. The molecule has 1 N–H and O–H groups in total. The molecule has 0 aliphatic rings. The van der Waals surface area contributed by atoms with E-state index in [4.69, 9.17) is 4.74 Å². The van der Waals surface area contributed by atoms with Gasteiger partial charge in [-0.05, 0) is 49.1 Å². The lowest BCUT2D eigenvalue weighted by Gasteiger charge is -2.08. The normalized spacial score (nSPS) is 11.2. The second-order valence-electron chi connectivity index (χ2n) is 5.76. The largest absolute Gasteiger partial charge is 0.484 e. The Hall–Kier alpha value is -2.62. The Morgan fingerprint density at radius 3 is 2.50 bits per heavy atom. The summed E-state index contributed by atoms with van der Waals surface area (Å²) in [7, 11) is 0. The number of amides is 1. The molecule has 0 heterocycles. The summed E-state index contributed by atoms with van der Waals surface area (Å²) >= 11 is 0. The van der Waals surface area contributed by atoms with Crippen LogP contribution in [0, 0.1) is 13.8 Å². The molecule has 0 unspecified atom stereocenters. The van der Waals surface area contributed by atoms with Gasteiger partial charge < -0.3 is 4.74 Å². The Morgan fingerprint density at radius 1 is 1.08 bits per heavy atom. The van der Waals surface area contributed by atoms with Crippen LogP contribution in [0.2, 0.25) is 0 Å². The molecule has 4 nitrogen and oxygen atoms in total. The lowest BCUT2D eigenvalue weighted by molar-refractivity contribution is -0.123. The van der Waals surface area contributed by atoms with Crippen LogP contribution in [0.1, 0.15) is 30.0 Å². The van der Waals surface area contributed by atoms with E-state index in [1.54, 1.807) is 0 Å². The van der Waals surface area contributed by atoms with Crippen LogP contribution < -0.4 is 10.2 Å². The third-order valence-corrected chi connectivity index (χ3v) is 3.85. The minimum Gasteiger partial charge on any atom is -0.484 e. The quantitative estimate of drug-likeness (QED) is 0.622. The molecule has 0 aliphatic carbocycles. The first-order valence-electron chi connectivity index (χ1n) is 8.16. The van der Waals surface area contributed by atoms with E-state index in [1.807, 2.05) is 57.2 Å². The Labute approximate surface area is 143 Å². The molecule has 2 aromatic rings. The summed E-state index contributed by atoms with van der Waals surface area (Å²) in [6.07, 6.45) is 1.52. The summed E-state index contributed by atoms with van der Waals surface area (Å²) in [6, 6.07) is 15.9. The molecule has 0 atom stereocenters. The molecule has 0 aromatic heterocycles. The van der Waals surface area contributed by atoms with Crippen LogP contribution in [0.3, 0.4) is 0 Å². The van der Waals surface area contributed by atoms with E-state index >= 15 is 0 Å². The van der Waals surface area contributed by atoms with E-state index in [-0.39, 0.29) is 12.5 Å². The average molecular weight is 324 g/mol. The standard InChI is InChI=1S/C20H24N2O2/c1-4-18(13-17-8-6-5-7-9-17)21-22-20(23)14-24-19-11-10-15(2)16(3)12-19/h5-12H,4,13-14H2,1-3H3,(H,22,23)/b21-18-. The lowest BCUT2D eigenvalue weighted by atomic mass is 10.1. The SMILES string of the molecule is CC/C(Cc1ccccc1)=N/NC(=O)COc1ccc(C)c(C)c1. The van der Waals surface area contributed by atoms with Crippen LogP contribution in [-0.2, 0) is 11.2 Å². The molecule has 0 fully saturated rings. The van der Waals surface area contributed by atoms with Crippen molar-refractivity contribution in [2.75, 3.05) is 6.61 Å². The van der Waals surface area contributed by atoms with Crippen molar-refractivity contribution in [3.05, 3.63) is 65.2 Å². The summed E-state index contributed by atoms with van der Waals surface area (Å²) < 4.78 is 5.51. The minimum atomic E-state index is -0.257. The highest BCUT2D eigenvalue weighted by atomic mass is 16.5. The van der Waals surface area contributed by atoms with Gasteiger partial charge in [-0.15, -0.1) is 0 Å². The highest BCUT2D eigenvalue weighted by Gasteiger charge is 2.04. The van der Waals surface area contributed by atoms with Crippen molar-refractivity contribution in [3.8, 4) is 5.75 Å². The molecular formula is C20H24N2O2. The van der Waals surface area contributed by atoms with Crippen molar-refractivity contribution < 1.29 is 9.53 Å². The summed E-state index contributed by atoms with van der Waals surface area (Å²) in [5, 5.41) is 4.22. The monoisotopic (exact) mass is 324 g/mol. The number of nitrogens with zero attached hydrogens (tertiary/aromatic N) is 1. The van der Waals surface area contributed by atoms with Gasteiger partial charge in [0, 0.05) is 12.1 Å². The van der Waals surface area contributed by atoms with Crippen molar-refractivity contribution in [2.24, 2.45) is 5.10 Å². The van der Waals surface area contributed by atoms with Crippen molar-refractivity contribution >= 4 is 11.6 Å². The maximum atomic E-state index is 11.9. The van der Waals surface area contributed by atoms with Gasteiger partial charge in [0.2, 0.25) is 0 Å². The first-order chi connectivity index (χ1) is 11.6. The van der Waals surface area contributed by atoms with Crippen molar-refractivity contribution in [3.63, 3.8) is 0 Å². The number of rotatable bonds is 7. The van der Waals surface area contributed by atoms with Gasteiger partial charge in [-0.25, -0.2) is 5.43 Å². The maximum absolute atomic E-state index is 11.9. The van der Waals surface area contributed by atoms with Gasteiger partial charge in [0.15, 0.2) is 6.61 Å². The van der Waals surface area contributed by atoms with Crippen LogP contribution in [0.4, 0.5) is 0 Å². The Balaban J connectivity index is 1.85. The van der Waals surface area contributed by atoms with Crippen LogP contribution in [-0.4, -0.2) is 18.2 Å². The highest BCUT2D eigenvalue weighted by Crippen LogP contribution is 2.16. The Kier molecular flexibility index (Phi) is 6.55. The third kappa shape index (κ3) is 5.54. The number of aryl methyl sites for hydroxylation is 2. The summed E-state index contributed by atoms with van der Waals surface area (Å²) in [5.74, 6) is 0.435. The second kappa shape index (κ2) is 8.87. The third-order valence-electron chi connectivity index (χ3n) is 3.85. The zero-order chi connectivity index (χ0) is 17.4. The number of hydrogen-bond acceptors (Lipinski definition) is 3. The fourth-order valence-electron chi connectivity index (χ4n) is 2.20. The van der Waals surface area contributed by atoms with Gasteiger partial charge in [0.25, 0.3) is 5.91 Å². The first kappa shape index (κ1) is 17.7. The molecule has 4 heteroatoms. The van der Waals surface area contributed by atoms with Crippen LogP contribution in [0.15, 0.2) is 53.6 Å². The molecule has 126 valence electrons. The number of nitrogens with one attached hydrogen (secondary N) is 1. The maximum Gasteiger partial charge on any atom is 0.277 e. The molecule has 24 heavy (non-hydrogen) atoms. The highest BCUT2D eigenvalue weighted by molar-refractivity contribution is 5.88. The van der Waals surface area contributed by atoms with Crippen molar-refractivity contribution in [1.29, 1.82) is 0 Å². The first-order valence-corrected chi connectivity index (χ1v) is 8.16. The topological polar surface area (TPSA) is 50.7 Å². The lowest BCUT2D eigenvalue weighted by Crippen LogP contribution is -2.26. The number of benzene rings is 2. The van der Waals surface area contributed by atoms with Gasteiger partial charge in [-0.1, -0.05) is 43.3 Å². The molecule has 0 radical (unpaired) electrons. The zero-order valence-corrected chi connectivity index (χ0v) is 14.5. The molecule has 0 saturated heterocycles. The summed E-state index contributed by atoms with van der Waals surface area (Å²) in [5.41, 5.74) is 7.02. The van der Waals surface area contributed by atoms with E-state index < -0.39 is 0 Å².